The Balaban J connectivity index is 1.79. The molecular formula is C14H22N2O2S. The molecule has 1 aromatic rings. The number of aryl methyl sites for hydroxylation is 1. The van der Waals surface area contributed by atoms with Crippen molar-refractivity contribution in [2.75, 3.05) is 6.61 Å². The molecule has 0 aliphatic heterocycles. The number of nitrogens with zero attached hydrogens (tertiary/aromatic N) is 1. The molecular weight excluding hydrogens is 260 g/mol. The Morgan fingerprint density at radius 2 is 2.42 bits per heavy atom. The van der Waals surface area contributed by atoms with Crippen molar-refractivity contribution in [3.05, 3.63) is 16.1 Å². The predicted octanol–water partition coefficient (Wildman–Crippen LogP) is 2.66. The highest BCUT2D eigenvalue weighted by atomic mass is 32.1. The smallest absolute Gasteiger partial charge is 0.308 e. The molecule has 4 nitrogen and oxygen atoms in total. The molecule has 0 aromatic carbocycles. The van der Waals surface area contributed by atoms with Crippen LogP contribution in [0.15, 0.2) is 5.38 Å². The summed E-state index contributed by atoms with van der Waals surface area (Å²) in [7, 11) is 0. The molecule has 0 saturated heterocycles. The molecule has 0 amide bonds. The van der Waals surface area contributed by atoms with Gasteiger partial charge in [-0.1, -0.05) is 6.42 Å². The van der Waals surface area contributed by atoms with Gasteiger partial charge in [0.25, 0.3) is 0 Å². The van der Waals surface area contributed by atoms with Crippen LogP contribution < -0.4 is 5.32 Å². The summed E-state index contributed by atoms with van der Waals surface area (Å²) in [5.41, 5.74) is 1.10. The fourth-order valence-electron chi connectivity index (χ4n) is 2.59. The first kappa shape index (κ1) is 14.5. The summed E-state index contributed by atoms with van der Waals surface area (Å²) >= 11 is 1.68. The Kier molecular flexibility index (Phi) is 5.34. The molecule has 19 heavy (non-hydrogen) atoms. The second-order valence-corrected chi connectivity index (χ2v) is 6.11. The average Bonchev–Trinajstić information content (AvgIpc) is 2.83. The number of esters is 1. The van der Waals surface area contributed by atoms with Crippen LogP contribution in [0.5, 0.6) is 0 Å². The summed E-state index contributed by atoms with van der Waals surface area (Å²) in [6.45, 7) is 5.16. The fraction of sp³-hybridized carbons (Fsp3) is 0.714. The second-order valence-electron chi connectivity index (χ2n) is 5.05. The maximum atomic E-state index is 11.8. The van der Waals surface area contributed by atoms with E-state index in [0.29, 0.717) is 12.6 Å². The number of nitrogens with one attached hydrogen (secondary N) is 1. The second kappa shape index (κ2) is 7.01. The third kappa shape index (κ3) is 4.28. The van der Waals surface area contributed by atoms with Gasteiger partial charge >= 0.3 is 5.97 Å². The van der Waals surface area contributed by atoms with Crippen molar-refractivity contribution in [3.63, 3.8) is 0 Å². The molecule has 1 saturated carbocycles. The minimum absolute atomic E-state index is 0.0292. The standard InChI is InChI=1S/C14H22N2O2S/c1-3-18-14(17)11-5-4-6-12(7-11)15-8-13-9-19-10(2)16-13/h9,11-12,15H,3-8H2,1-2H3. The zero-order valence-corrected chi connectivity index (χ0v) is 12.5. The van der Waals surface area contributed by atoms with Crippen LogP contribution in [0.1, 0.15) is 43.3 Å². The van der Waals surface area contributed by atoms with Crippen LogP contribution in [0.3, 0.4) is 0 Å². The van der Waals surface area contributed by atoms with Gasteiger partial charge < -0.3 is 10.1 Å². The van der Waals surface area contributed by atoms with E-state index < -0.39 is 0 Å². The molecule has 0 bridgehead atoms. The number of carbonyl (C=O) groups is 1. The van der Waals surface area contributed by atoms with Crippen molar-refractivity contribution in [2.24, 2.45) is 5.92 Å². The fourth-order valence-corrected chi connectivity index (χ4v) is 3.20. The molecule has 2 atom stereocenters. The van der Waals surface area contributed by atoms with Crippen LogP contribution in [-0.4, -0.2) is 23.6 Å². The topological polar surface area (TPSA) is 51.2 Å². The zero-order chi connectivity index (χ0) is 13.7. The predicted molar refractivity (Wildman–Crippen MR) is 76.1 cm³/mol. The quantitative estimate of drug-likeness (QED) is 0.844. The van der Waals surface area contributed by atoms with E-state index in [1.54, 1.807) is 11.3 Å². The van der Waals surface area contributed by atoms with Crippen LogP contribution in [0, 0.1) is 12.8 Å². The lowest BCUT2D eigenvalue weighted by Gasteiger charge is -2.28. The third-order valence-electron chi connectivity index (χ3n) is 3.53. The van der Waals surface area contributed by atoms with Crippen LogP contribution >= 0.6 is 11.3 Å². The normalized spacial score (nSPS) is 23.3. The van der Waals surface area contributed by atoms with Gasteiger partial charge in [0.1, 0.15) is 0 Å². The van der Waals surface area contributed by atoms with E-state index in [0.717, 1.165) is 42.9 Å². The Bertz CT molecular complexity index is 419. The van der Waals surface area contributed by atoms with Gasteiger partial charge in [0, 0.05) is 18.0 Å². The highest BCUT2D eigenvalue weighted by molar-refractivity contribution is 7.09. The molecule has 1 aromatic heterocycles. The SMILES string of the molecule is CCOC(=O)C1CCCC(NCc2csc(C)n2)C1. The Hall–Kier alpha value is -0.940. The zero-order valence-electron chi connectivity index (χ0n) is 11.6. The Labute approximate surface area is 118 Å². The van der Waals surface area contributed by atoms with E-state index in [4.69, 9.17) is 4.74 Å². The first-order chi connectivity index (χ1) is 9.19. The third-order valence-corrected chi connectivity index (χ3v) is 4.35. The van der Waals surface area contributed by atoms with Gasteiger partial charge in [-0.3, -0.25) is 4.79 Å². The molecule has 1 aliphatic carbocycles. The van der Waals surface area contributed by atoms with E-state index in [9.17, 15) is 4.79 Å². The molecule has 0 radical (unpaired) electrons. The van der Waals surface area contributed by atoms with Crippen LogP contribution in [-0.2, 0) is 16.1 Å². The minimum Gasteiger partial charge on any atom is -0.466 e. The van der Waals surface area contributed by atoms with Crippen molar-refractivity contribution >= 4 is 17.3 Å². The number of aromatic nitrogens is 1. The molecule has 1 N–H and O–H groups in total. The van der Waals surface area contributed by atoms with Gasteiger partial charge in [0.2, 0.25) is 0 Å². The first-order valence-electron chi connectivity index (χ1n) is 7.00. The monoisotopic (exact) mass is 282 g/mol. The van der Waals surface area contributed by atoms with Gasteiger partial charge in [-0.2, -0.15) is 0 Å². The van der Waals surface area contributed by atoms with Crippen molar-refractivity contribution in [2.45, 2.75) is 52.1 Å². The summed E-state index contributed by atoms with van der Waals surface area (Å²) in [5.74, 6) is 0.0434. The minimum atomic E-state index is -0.0292. The number of hydrogen-bond donors (Lipinski definition) is 1. The highest BCUT2D eigenvalue weighted by Crippen LogP contribution is 2.25. The number of thiazole rings is 1. The first-order valence-corrected chi connectivity index (χ1v) is 7.88. The van der Waals surface area contributed by atoms with Crippen LogP contribution in [0.2, 0.25) is 0 Å². The summed E-state index contributed by atoms with van der Waals surface area (Å²) in [4.78, 5) is 16.2. The van der Waals surface area contributed by atoms with Gasteiger partial charge in [0.05, 0.1) is 23.2 Å². The summed E-state index contributed by atoms with van der Waals surface area (Å²) in [5, 5.41) is 6.71. The largest absolute Gasteiger partial charge is 0.466 e. The summed E-state index contributed by atoms with van der Waals surface area (Å²) in [6, 6.07) is 0.408. The van der Waals surface area contributed by atoms with E-state index >= 15 is 0 Å². The maximum Gasteiger partial charge on any atom is 0.308 e. The lowest BCUT2D eigenvalue weighted by molar-refractivity contribution is -0.149. The molecule has 2 rings (SSSR count). The van der Waals surface area contributed by atoms with Crippen LogP contribution in [0.4, 0.5) is 0 Å². The summed E-state index contributed by atoms with van der Waals surface area (Å²) in [6.07, 6.45) is 4.09. The van der Waals surface area contributed by atoms with Gasteiger partial charge in [-0.05, 0) is 33.1 Å². The number of hydrogen-bond acceptors (Lipinski definition) is 5. The van der Waals surface area contributed by atoms with Gasteiger partial charge in [-0.25, -0.2) is 4.98 Å². The van der Waals surface area contributed by atoms with Crippen molar-refractivity contribution in [1.82, 2.24) is 10.3 Å². The lowest BCUT2D eigenvalue weighted by Crippen LogP contribution is -2.36. The van der Waals surface area contributed by atoms with Crippen LogP contribution in [0.25, 0.3) is 0 Å². The van der Waals surface area contributed by atoms with Crippen molar-refractivity contribution in [3.8, 4) is 0 Å². The van der Waals surface area contributed by atoms with Crippen molar-refractivity contribution in [1.29, 1.82) is 0 Å². The van der Waals surface area contributed by atoms with E-state index in [1.807, 2.05) is 13.8 Å². The van der Waals surface area contributed by atoms with Gasteiger partial charge in [0.15, 0.2) is 0 Å². The maximum absolute atomic E-state index is 11.8. The van der Waals surface area contributed by atoms with Gasteiger partial charge in [-0.15, -0.1) is 11.3 Å². The summed E-state index contributed by atoms with van der Waals surface area (Å²) < 4.78 is 5.12. The van der Waals surface area contributed by atoms with Crippen molar-refractivity contribution < 1.29 is 9.53 Å². The van der Waals surface area contributed by atoms with E-state index in [1.165, 1.54) is 0 Å². The number of carbonyl (C=O) groups excluding carboxylic acids is 1. The molecule has 1 aliphatic rings. The Morgan fingerprint density at radius 1 is 1.58 bits per heavy atom. The average molecular weight is 282 g/mol. The van der Waals surface area contributed by atoms with E-state index in [2.05, 4.69) is 15.7 Å². The number of rotatable bonds is 5. The lowest BCUT2D eigenvalue weighted by atomic mass is 9.85. The molecule has 1 heterocycles. The number of ether oxygens (including phenoxy) is 1. The molecule has 0 spiro atoms. The molecule has 2 unspecified atom stereocenters. The highest BCUT2D eigenvalue weighted by Gasteiger charge is 2.27. The van der Waals surface area contributed by atoms with E-state index in [-0.39, 0.29) is 11.9 Å². The Morgan fingerprint density at radius 3 is 3.11 bits per heavy atom. The molecule has 106 valence electrons. The molecule has 5 heteroatoms. The molecule has 1 fully saturated rings.